The van der Waals surface area contributed by atoms with Gasteiger partial charge in [-0.2, -0.15) is 0 Å². The minimum absolute atomic E-state index is 0.391. The van der Waals surface area contributed by atoms with E-state index in [2.05, 4.69) is 9.55 Å². The molecule has 5 heteroatoms. The number of pyridine rings is 1. The topological polar surface area (TPSA) is 44.1 Å². The van der Waals surface area contributed by atoms with Crippen LogP contribution in [0.2, 0.25) is 5.02 Å². The molecule has 2 heterocycles. The molecule has 124 valence electrons. The number of carbonyl (C=O) groups excluding carboxylic acids is 1. The molecule has 0 N–H and O–H groups in total. The van der Waals surface area contributed by atoms with Crippen molar-refractivity contribution in [3.63, 3.8) is 0 Å². The van der Waals surface area contributed by atoms with Crippen molar-refractivity contribution in [3.05, 3.63) is 76.9 Å². The molecule has 0 radical (unpaired) electrons. The molecule has 4 rings (SSSR count). The first-order valence-corrected chi connectivity index (χ1v) is 8.25. The molecule has 25 heavy (non-hydrogen) atoms. The van der Waals surface area contributed by atoms with Crippen molar-refractivity contribution in [1.29, 1.82) is 0 Å². The molecule has 0 bridgehead atoms. The van der Waals surface area contributed by atoms with Gasteiger partial charge in [0.05, 0.1) is 24.7 Å². The van der Waals surface area contributed by atoms with Gasteiger partial charge >= 0.3 is 5.97 Å². The van der Waals surface area contributed by atoms with Gasteiger partial charge in [-0.3, -0.25) is 0 Å². The van der Waals surface area contributed by atoms with E-state index in [0.29, 0.717) is 12.1 Å². The lowest BCUT2D eigenvalue weighted by Crippen LogP contribution is -2.04. The first kappa shape index (κ1) is 15.7. The average Bonchev–Trinajstić information content (AvgIpc) is 2.96. The Bertz CT molecular complexity index is 1100. The van der Waals surface area contributed by atoms with E-state index in [4.69, 9.17) is 16.3 Å². The number of aromatic nitrogens is 2. The summed E-state index contributed by atoms with van der Waals surface area (Å²) in [4.78, 5) is 16.4. The van der Waals surface area contributed by atoms with Gasteiger partial charge in [-0.25, -0.2) is 9.78 Å². The monoisotopic (exact) mass is 350 g/mol. The molecule has 4 nitrogen and oxygen atoms in total. The number of rotatable bonds is 3. The predicted molar refractivity (Wildman–Crippen MR) is 99.1 cm³/mol. The van der Waals surface area contributed by atoms with E-state index in [1.54, 1.807) is 6.20 Å². The summed E-state index contributed by atoms with van der Waals surface area (Å²) in [5, 5.41) is 2.69. The number of methoxy groups -OCH3 is 1. The third-order valence-electron chi connectivity index (χ3n) is 4.31. The summed E-state index contributed by atoms with van der Waals surface area (Å²) in [6.45, 7) is 0.605. The molecule has 0 unspecified atom stereocenters. The van der Waals surface area contributed by atoms with E-state index in [9.17, 15) is 4.79 Å². The fourth-order valence-electron chi connectivity index (χ4n) is 3.11. The number of para-hydroxylation sites is 1. The number of fused-ring (bicyclic) bond motifs is 3. The van der Waals surface area contributed by atoms with Gasteiger partial charge in [0.1, 0.15) is 5.65 Å². The Kier molecular flexibility index (Phi) is 3.90. The van der Waals surface area contributed by atoms with E-state index in [0.717, 1.165) is 32.5 Å². The van der Waals surface area contributed by atoms with Gasteiger partial charge in [0.2, 0.25) is 0 Å². The highest BCUT2D eigenvalue weighted by Crippen LogP contribution is 2.30. The van der Waals surface area contributed by atoms with E-state index >= 15 is 0 Å². The van der Waals surface area contributed by atoms with Crippen molar-refractivity contribution in [2.24, 2.45) is 0 Å². The largest absolute Gasteiger partial charge is 0.465 e. The van der Waals surface area contributed by atoms with Crippen LogP contribution in [0.25, 0.3) is 21.9 Å². The fourth-order valence-corrected chi connectivity index (χ4v) is 3.30. The second kappa shape index (κ2) is 6.22. The Morgan fingerprint density at radius 2 is 1.88 bits per heavy atom. The van der Waals surface area contributed by atoms with Gasteiger partial charge in [-0.05, 0) is 23.8 Å². The number of esters is 1. The molecule has 0 aliphatic rings. The molecular weight excluding hydrogens is 336 g/mol. The molecule has 0 atom stereocenters. The van der Waals surface area contributed by atoms with Crippen LogP contribution in [0.5, 0.6) is 0 Å². The van der Waals surface area contributed by atoms with Crippen LogP contribution in [0.4, 0.5) is 0 Å². The van der Waals surface area contributed by atoms with Crippen LogP contribution in [-0.4, -0.2) is 22.6 Å². The predicted octanol–water partition coefficient (Wildman–Crippen LogP) is 4.68. The highest BCUT2D eigenvalue weighted by molar-refractivity contribution is 6.31. The Balaban J connectivity index is 1.96. The average molecular weight is 351 g/mol. The zero-order valence-corrected chi connectivity index (χ0v) is 14.3. The molecule has 2 aromatic carbocycles. The standard InChI is InChI=1S/C20H15ClN2O2/c1-25-20(24)14-10-16-15-7-3-5-9-18(15)23(19(16)22-11-14)12-13-6-2-4-8-17(13)21/h2-11H,12H2,1H3. The lowest BCUT2D eigenvalue weighted by atomic mass is 10.1. The lowest BCUT2D eigenvalue weighted by molar-refractivity contribution is 0.0600. The third kappa shape index (κ3) is 2.65. The number of ether oxygens (including phenoxy) is 1. The second-order valence-corrected chi connectivity index (χ2v) is 6.19. The lowest BCUT2D eigenvalue weighted by Gasteiger charge is -2.08. The van der Waals surface area contributed by atoms with Crippen LogP contribution in [0.1, 0.15) is 15.9 Å². The number of hydrogen-bond acceptors (Lipinski definition) is 3. The van der Waals surface area contributed by atoms with Crippen LogP contribution < -0.4 is 0 Å². The summed E-state index contributed by atoms with van der Waals surface area (Å²) in [5.41, 5.74) is 3.32. The Morgan fingerprint density at radius 3 is 2.68 bits per heavy atom. The zero-order chi connectivity index (χ0) is 17.4. The number of halogens is 1. The van der Waals surface area contributed by atoms with Crippen molar-refractivity contribution in [3.8, 4) is 0 Å². The van der Waals surface area contributed by atoms with Gasteiger partial charge in [0, 0.05) is 22.0 Å². The molecule has 0 amide bonds. The number of nitrogens with zero attached hydrogens (tertiary/aromatic N) is 2. The highest BCUT2D eigenvalue weighted by atomic mass is 35.5. The van der Waals surface area contributed by atoms with Crippen LogP contribution in [0.3, 0.4) is 0 Å². The van der Waals surface area contributed by atoms with Crippen molar-refractivity contribution >= 4 is 39.5 Å². The minimum atomic E-state index is -0.391. The van der Waals surface area contributed by atoms with Crippen LogP contribution >= 0.6 is 11.6 Å². The molecule has 0 fully saturated rings. The van der Waals surface area contributed by atoms with Crippen molar-refractivity contribution in [1.82, 2.24) is 9.55 Å². The maximum Gasteiger partial charge on any atom is 0.339 e. The smallest absolute Gasteiger partial charge is 0.339 e. The van der Waals surface area contributed by atoms with E-state index in [1.165, 1.54) is 7.11 Å². The summed E-state index contributed by atoms with van der Waals surface area (Å²) in [6.07, 6.45) is 1.55. The van der Waals surface area contributed by atoms with E-state index < -0.39 is 5.97 Å². The van der Waals surface area contributed by atoms with E-state index in [-0.39, 0.29) is 0 Å². The summed E-state index contributed by atoms with van der Waals surface area (Å²) < 4.78 is 6.93. The maximum absolute atomic E-state index is 11.8. The second-order valence-electron chi connectivity index (χ2n) is 5.78. The summed E-state index contributed by atoms with van der Waals surface area (Å²) in [7, 11) is 1.37. The molecule has 0 aliphatic heterocycles. The van der Waals surface area contributed by atoms with E-state index in [1.807, 2.05) is 54.6 Å². The molecule has 4 aromatic rings. The first-order valence-electron chi connectivity index (χ1n) is 7.88. The molecule has 0 saturated carbocycles. The first-order chi connectivity index (χ1) is 12.2. The summed E-state index contributed by atoms with van der Waals surface area (Å²) in [5.74, 6) is -0.391. The summed E-state index contributed by atoms with van der Waals surface area (Å²) >= 11 is 6.33. The maximum atomic E-state index is 11.8. The van der Waals surface area contributed by atoms with Gasteiger partial charge in [-0.1, -0.05) is 48.0 Å². The molecular formula is C20H15ClN2O2. The highest BCUT2D eigenvalue weighted by Gasteiger charge is 2.15. The van der Waals surface area contributed by atoms with Crippen LogP contribution in [0, 0.1) is 0 Å². The molecule has 2 aromatic heterocycles. The number of carbonyl (C=O) groups is 1. The van der Waals surface area contributed by atoms with Crippen molar-refractivity contribution in [2.75, 3.05) is 7.11 Å². The quantitative estimate of drug-likeness (QED) is 0.504. The Hall–Kier alpha value is -2.85. The SMILES string of the molecule is COC(=O)c1cnc2c(c1)c1ccccc1n2Cc1ccccc1Cl. The molecule has 0 saturated heterocycles. The number of benzene rings is 2. The zero-order valence-electron chi connectivity index (χ0n) is 13.6. The Morgan fingerprint density at radius 1 is 1.12 bits per heavy atom. The van der Waals surface area contributed by atoms with Gasteiger partial charge in [0.15, 0.2) is 0 Å². The molecule has 0 aliphatic carbocycles. The van der Waals surface area contributed by atoms with Gasteiger partial charge < -0.3 is 9.30 Å². The van der Waals surface area contributed by atoms with Crippen molar-refractivity contribution < 1.29 is 9.53 Å². The normalized spacial score (nSPS) is 11.1. The third-order valence-corrected chi connectivity index (χ3v) is 4.68. The Labute approximate surface area is 149 Å². The van der Waals surface area contributed by atoms with Crippen LogP contribution in [0.15, 0.2) is 60.8 Å². The minimum Gasteiger partial charge on any atom is -0.465 e. The van der Waals surface area contributed by atoms with Crippen molar-refractivity contribution in [2.45, 2.75) is 6.54 Å². The fraction of sp³-hybridized carbons (Fsp3) is 0.100. The molecule has 0 spiro atoms. The van der Waals surface area contributed by atoms with Crippen LogP contribution in [-0.2, 0) is 11.3 Å². The van der Waals surface area contributed by atoms with Gasteiger partial charge in [0.25, 0.3) is 0 Å². The van der Waals surface area contributed by atoms with Gasteiger partial charge in [-0.15, -0.1) is 0 Å². The number of hydrogen-bond donors (Lipinski definition) is 0. The summed E-state index contributed by atoms with van der Waals surface area (Å²) in [6, 6.07) is 17.7.